The summed E-state index contributed by atoms with van der Waals surface area (Å²) in [5, 5.41) is 5.47. The van der Waals surface area contributed by atoms with Gasteiger partial charge in [-0.2, -0.15) is 0 Å². The minimum atomic E-state index is 0.696. The summed E-state index contributed by atoms with van der Waals surface area (Å²) < 4.78 is 0. The van der Waals surface area contributed by atoms with Gasteiger partial charge >= 0.3 is 0 Å². The highest BCUT2D eigenvalue weighted by molar-refractivity contribution is 8.14. The summed E-state index contributed by atoms with van der Waals surface area (Å²) in [6.45, 7) is 9.13. The molecule has 1 heterocycles. The van der Waals surface area contributed by atoms with Crippen molar-refractivity contribution in [2.24, 2.45) is 22.7 Å². The summed E-state index contributed by atoms with van der Waals surface area (Å²) in [6.07, 6.45) is 5.67. The van der Waals surface area contributed by atoms with Crippen molar-refractivity contribution in [1.82, 2.24) is 5.32 Å². The van der Waals surface area contributed by atoms with E-state index in [1.807, 2.05) is 11.8 Å². The highest BCUT2D eigenvalue weighted by Crippen LogP contribution is 2.30. The van der Waals surface area contributed by atoms with Crippen LogP contribution in [-0.2, 0) is 0 Å². The van der Waals surface area contributed by atoms with Gasteiger partial charge in [-0.15, -0.1) is 0 Å². The van der Waals surface area contributed by atoms with Crippen LogP contribution in [0.4, 0.5) is 0 Å². The van der Waals surface area contributed by atoms with Crippen LogP contribution in [0.25, 0.3) is 0 Å². The molecule has 0 amide bonds. The summed E-state index contributed by atoms with van der Waals surface area (Å²) >= 11 is 1.95. The Kier molecular flexibility index (Phi) is 4.78. The predicted octanol–water partition coefficient (Wildman–Crippen LogP) is 3.53. The zero-order valence-corrected chi connectivity index (χ0v) is 12.2. The lowest BCUT2D eigenvalue weighted by Gasteiger charge is -2.29. The normalized spacial score (nSPS) is 33.9. The Bertz CT molecular complexity index is 275. The van der Waals surface area contributed by atoms with Crippen LogP contribution in [0.15, 0.2) is 4.99 Å². The van der Waals surface area contributed by atoms with Gasteiger partial charge in [-0.25, -0.2) is 0 Å². The standard InChI is InChI=1S/C14H26N2S/c1-10(2)13-9-16-14(17-13)15-8-12-7-5-4-6-11(12)3/h10-13H,4-9H2,1-3H3,(H,15,16). The number of hydrogen-bond acceptors (Lipinski definition) is 3. The topological polar surface area (TPSA) is 24.4 Å². The third kappa shape index (κ3) is 3.64. The van der Waals surface area contributed by atoms with Crippen molar-refractivity contribution in [3.63, 3.8) is 0 Å². The summed E-state index contributed by atoms with van der Waals surface area (Å²) in [5.41, 5.74) is 0. The number of hydrogen-bond donors (Lipinski definition) is 1. The maximum absolute atomic E-state index is 4.62. The third-order valence-electron chi connectivity index (χ3n) is 4.23. The predicted molar refractivity (Wildman–Crippen MR) is 77.6 cm³/mol. The quantitative estimate of drug-likeness (QED) is 0.833. The van der Waals surface area contributed by atoms with Crippen LogP contribution in [0.3, 0.4) is 0 Å². The smallest absolute Gasteiger partial charge is 0.156 e. The minimum Gasteiger partial charge on any atom is -0.365 e. The van der Waals surface area contributed by atoms with E-state index in [-0.39, 0.29) is 0 Å². The molecule has 3 atom stereocenters. The first-order valence-electron chi connectivity index (χ1n) is 7.11. The summed E-state index contributed by atoms with van der Waals surface area (Å²) in [6, 6.07) is 0. The lowest BCUT2D eigenvalue weighted by Crippen LogP contribution is -2.31. The van der Waals surface area contributed by atoms with Crippen LogP contribution >= 0.6 is 11.8 Å². The Morgan fingerprint density at radius 1 is 1.35 bits per heavy atom. The lowest BCUT2D eigenvalue weighted by molar-refractivity contribution is 0.257. The van der Waals surface area contributed by atoms with Crippen molar-refractivity contribution < 1.29 is 0 Å². The van der Waals surface area contributed by atoms with E-state index in [0.29, 0.717) is 5.25 Å². The number of nitrogens with zero attached hydrogens (tertiary/aromatic N) is 1. The first-order chi connectivity index (χ1) is 8.16. The zero-order chi connectivity index (χ0) is 12.3. The van der Waals surface area contributed by atoms with Crippen molar-refractivity contribution in [3.8, 4) is 0 Å². The SMILES string of the molecule is CC(C)C1CN=C(NCC2CCCCC2C)S1. The molecular weight excluding hydrogens is 228 g/mol. The summed E-state index contributed by atoms with van der Waals surface area (Å²) in [5.74, 6) is 2.49. The monoisotopic (exact) mass is 254 g/mol. The Balaban J connectivity index is 1.72. The van der Waals surface area contributed by atoms with Crippen molar-refractivity contribution in [2.45, 2.75) is 51.7 Å². The van der Waals surface area contributed by atoms with E-state index in [2.05, 4.69) is 31.1 Å². The van der Waals surface area contributed by atoms with Crippen molar-refractivity contribution in [2.75, 3.05) is 13.1 Å². The largest absolute Gasteiger partial charge is 0.365 e. The van der Waals surface area contributed by atoms with Gasteiger partial charge in [0.1, 0.15) is 0 Å². The second-order valence-corrected chi connectivity index (χ2v) is 7.18. The molecule has 0 radical (unpaired) electrons. The maximum atomic E-state index is 4.62. The molecule has 0 saturated heterocycles. The van der Waals surface area contributed by atoms with Gasteiger partial charge < -0.3 is 5.32 Å². The first-order valence-corrected chi connectivity index (χ1v) is 7.99. The van der Waals surface area contributed by atoms with E-state index in [1.165, 1.54) is 30.9 Å². The van der Waals surface area contributed by atoms with E-state index < -0.39 is 0 Å². The number of rotatable bonds is 3. The summed E-state index contributed by atoms with van der Waals surface area (Å²) in [7, 11) is 0. The van der Waals surface area contributed by atoms with Crippen LogP contribution in [0.5, 0.6) is 0 Å². The molecule has 2 nitrogen and oxygen atoms in total. The van der Waals surface area contributed by atoms with E-state index in [0.717, 1.165) is 30.8 Å². The molecule has 0 aromatic carbocycles. The second-order valence-electron chi connectivity index (χ2n) is 5.95. The lowest BCUT2D eigenvalue weighted by atomic mass is 9.80. The number of aliphatic imine (C=N–C) groups is 1. The van der Waals surface area contributed by atoms with E-state index >= 15 is 0 Å². The van der Waals surface area contributed by atoms with Gasteiger partial charge in [0.25, 0.3) is 0 Å². The molecule has 1 aliphatic carbocycles. The Morgan fingerprint density at radius 3 is 2.76 bits per heavy atom. The molecule has 1 fully saturated rings. The van der Waals surface area contributed by atoms with Gasteiger partial charge in [0.2, 0.25) is 0 Å². The minimum absolute atomic E-state index is 0.696. The van der Waals surface area contributed by atoms with Crippen LogP contribution < -0.4 is 5.32 Å². The first kappa shape index (κ1) is 13.3. The fourth-order valence-electron chi connectivity index (χ4n) is 2.75. The van der Waals surface area contributed by atoms with Crippen molar-refractivity contribution in [3.05, 3.63) is 0 Å². The Morgan fingerprint density at radius 2 is 2.12 bits per heavy atom. The van der Waals surface area contributed by atoms with Crippen LogP contribution in [0.1, 0.15) is 46.5 Å². The Labute approximate surface area is 110 Å². The van der Waals surface area contributed by atoms with Gasteiger partial charge in [-0.1, -0.05) is 51.8 Å². The fraction of sp³-hybridized carbons (Fsp3) is 0.929. The van der Waals surface area contributed by atoms with E-state index in [4.69, 9.17) is 0 Å². The van der Waals surface area contributed by atoms with Crippen LogP contribution in [0, 0.1) is 17.8 Å². The molecule has 3 heteroatoms. The highest BCUT2D eigenvalue weighted by Gasteiger charge is 2.25. The van der Waals surface area contributed by atoms with Crippen LogP contribution in [0.2, 0.25) is 0 Å². The molecule has 0 spiro atoms. The number of amidine groups is 1. The molecule has 2 rings (SSSR count). The van der Waals surface area contributed by atoms with E-state index in [9.17, 15) is 0 Å². The molecular formula is C14H26N2S. The maximum Gasteiger partial charge on any atom is 0.156 e. The van der Waals surface area contributed by atoms with Gasteiger partial charge in [-0.3, -0.25) is 4.99 Å². The number of thioether (sulfide) groups is 1. The summed E-state index contributed by atoms with van der Waals surface area (Å²) in [4.78, 5) is 4.62. The molecule has 0 aromatic rings. The fourth-order valence-corrected chi connectivity index (χ4v) is 3.77. The molecule has 98 valence electrons. The van der Waals surface area contributed by atoms with Crippen molar-refractivity contribution >= 4 is 16.9 Å². The van der Waals surface area contributed by atoms with Gasteiger partial charge in [0, 0.05) is 11.8 Å². The Hall–Kier alpha value is -0.180. The molecule has 2 aliphatic rings. The van der Waals surface area contributed by atoms with Crippen molar-refractivity contribution in [1.29, 1.82) is 0 Å². The average molecular weight is 254 g/mol. The second kappa shape index (κ2) is 6.12. The number of nitrogens with one attached hydrogen (secondary N) is 1. The molecule has 17 heavy (non-hydrogen) atoms. The molecule has 1 N–H and O–H groups in total. The highest BCUT2D eigenvalue weighted by atomic mass is 32.2. The van der Waals surface area contributed by atoms with Gasteiger partial charge in [-0.05, 0) is 24.2 Å². The molecule has 0 bridgehead atoms. The van der Waals surface area contributed by atoms with Crippen LogP contribution in [-0.4, -0.2) is 23.5 Å². The van der Waals surface area contributed by atoms with Gasteiger partial charge in [0.05, 0.1) is 6.54 Å². The average Bonchev–Trinajstić information content (AvgIpc) is 2.77. The third-order valence-corrected chi connectivity index (χ3v) is 5.72. The molecule has 0 aromatic heterocycles. The van der Waals surface area contributed by atoms with Gasteiger partial charge in [0.15, 0.2) is 5.17 Å². The molecule has 1 saturated carbocycles. The van der Waals surface area contributed by atoms with E-state index in [1.54, 1.807) is 0 Å². The molecule has 1 aliphatic heterocycles. The zero-order valence-electron chi connectivity index (χ0n) is 11.4. The molecule has 3 unspecified atom stereocenters.